The summed E-state index contributed by atoms with van der Waals surface area (Å²) in [5.74, 6) is -0.901. The van der Waals surface area contributed by atoms with Gasteiger partial charge in [0.2, 0.25) is 10.0 Å². The Morgan fingerprint density at radius 2 is 1.92 bits per heavy atom. The molecule has 2 N–H and O–H groups in total. The van der Waals surface area contributed by atoms with Gasteiger partial charge in [-0.2, -0.15) is 0 Å². The second-order valence-electron chi connectivity index (χ2n) is 6.38. The first-order valence-corrected chi connectivity index (χ1v) is 10.9. The Labute approximate surface area is 157 Å². The molecule has 2 aromatic rings. The van der Waals surface area contributed by atoms with Gasteiger partial charge in [0.25, 0.3) is 0 Å². The van der Waals surface area contributed by atoms with Crippen LogP contribution in [-0.4, -0.2) is 50.1 Å². The Kier molecular flexibility index (Phi) is 6.08. The van der Waals surface area contributed by atoms with Crippen molar-refractivity contribution in [1.29, 1.82) is 0 Å². The molecule has 1 aromatic carbocycles. The number of benzene rings is 1. The van der Waals surface area contributed by atoms with Crippen LogP contribution in [0.2, 0.25) is 0 Å². The van der Waals surface area contributed by atoms with Crippen molar-refractivity contribution in [2.24, 2.45) is 0 Å². The molecule has 0 atom stereocenters. The van der Waals surface area contributed by atoms with Gasteiger partial charge >= 0.3 is 5.97 Å². The van der Waals surface area contributed by atoms with E-state index in [1.165, 1.54) is 11.3 Å². The zero-order valence-corrected chi connectivity index (χ0v) is 15.9. The maximum atomic E-state index is 12.3. The van der Waals surface area contributed by atoms with E-state index in [0.717, 1.165) is 38.0 Å². The van der Waals surface area contributed by atoms with E-state index in [9.17, 15) is 18.3 Å². The third kappa shape index (κ3) is 4.70. The minimum absolute atomic E-state index is 0.0512. The van der Waals surface area contributed by atoms with Gasteiger partial charge < -0.3 is 10.0 Å². The SMILES string of the molecule is O=C(O)c1ccccc1CCN1CCC(NS(=O)(=O)c2cccs2)CC1. The minimum atomic E-state index is -3.42. The number of piperidine rings is 1. The largest absolute Gasteiger partial charge is 0.478 e. The molecule has 1 aliphatic heterocycles. The van der Waals surface area contributed by atoms with Crippen molar-refractivity contribution in [2.45, 2.75) is 29.5 Å². The van der Waals surface area contributed by atoms with E-state index in [1.807, 2.05) is 12.1 Å². The van der Waals surface area contributed by atoms with Crippen LogP contribution in [0.3, 0.4) is 0 Å². The summed E-state index contributed by atoms with van der Waals surface area (Å²) in [7, 11) is -3.42. The van der Waals surface area contributed by atoms with E-state index in [-0.39, 0.29) is 6.04 Å². The first kappa shape index (κ1) is 19.0. The average molecular weight is 395 g/mol. The summed E-state index contributed by atoms with van der Waals surface area (Å²) in [6.45, 7) is 2.37. The van der Waals surface area contributed by atoms with Gasteiger partial charge in [-0.15, -0.1) is 11.3 Å². The Hall–Kier alpha value is -1.74. The molecular weight excluding hydrogens is 372 g/mol. The van der Waals surface area contributed by atoms with Crippen LogP contribution in [-0.2, 0) is 16.4 Å². The van der Waals surface area contributed by atoms with Gasteiger partial charge in [0.15, 0.2) is 0 Å². The van der Waals surface area contributed by atoms with Crippen molar-refractivity contribution in [3.05, 3.63) is 52.9 Å². The van der Waals surface area contributed by atoms with Crippen LogP contribution in [0.4, 0.5) is 0 Å². The predicted octanol–water partition coefficient (Wildman–Crippen LogP) is 2.43. The lowest BCUT2D eigenvalue weighted by Gasteiger charge is -2.32. The zero-order valence-electron chi connectivity index (χ0n) is 14.3. The highest BCUT2D eigenvalue weighted by atomic mass is 32.2. The molecule has 3 rings (SSSR count). The minimum Gasteiger partial charge on any atom is -0.478 e. The lowest BCUT2D eigenvalue weighted by molar-refractivity contribution is 0.0695. The fourth-order valence-corrected chi connectivity index (χ4v) is 5.51. The van der Waals surface area contributed by atoms with Crippen LogP contribution in [0.1, 0.15) is 28.8 Å². The van der Waals surface area contributed by atoms with Crippen molar-refractivity contribution in [2.75, 3.05) is 19.6 Å². The molecule has 1 saturated heterocycles. The fraction of sp³-hybridized carbons (Fsp3) is 0.389. The van der Waals surface area contributed by atoms with Gasteiger partial charge in [0.05, 0.1) is 5.56 Å². The van der Waals surface area contributed by atoms with Gasteiger partial charge in [-0.1, -0.05) is 24.3 Å². The number of hydrogen-bond acceptors (Lipinski definition) is 5. The van der Waals surface area contributed by atoms with E-state index < -0.39 is 16.0 Å². The quantitative estimate of drug-likeness (QED) is 0.753. The van der Waals surface area contributed by atoms with Crippen molar-refractivity contribution in [3.63, 3.8) is 0 Å². The van der Waals surface area contributed by atoms with Crippen LogP contribution in [0, 0.1) is 0 Å². The molecule has 0 unspecified atom stereocenters. The zero-order chi connectivity index (χ0) is 18.6. The van der Waals surface area contributed by atoms with Crippen LogP contribution >= 0.6 is 11.3 Å². The van der Waals surface area contributed by atoms with Crippen LogP contribution in [0.5, 0.6) is 0 Å². The number of hydrogen-bond donors (Lipinski definition) is 2. The van der Waals surface area contributed by atoms with Gasteiger partial charge in [-0.05, 0) is 55.4 Å². The van der Waals surface area contributed by atoms with Crippen LogP contribution < -0.4 is 4.72 Å². The normalized spacial score (nSPS) is 16.6. The van der Waals surface area contributed by atoms with Crippen molar-refractivity contribution in [3.8, 4) is 0 Å². The monoisotopic (exact) mass is 394 g/mol. The maximum absolute atomic E-state index is 12.3. The van der Waals surface area contributed by atoms with Crippen molar-refractivity contribution >= 4 is 27.3 Å². The first-order valence-electron chi connectivity index (χ1n) is 8.55. The number of nitrogens with zero attached hydrogens (tertiary/aromatic N) is 1. The summed E-state index contributed by atoms with van der Waals surface area (Å²) in [6.07, 6.45) is 2.18. The van der Waals surface area contributed by atoms with Gasteiger partial charge in [-0.25, -0.2) is 17.9 Å². The lowest BCUT2D eigenvalue weighted by Crippen LogP contribution is -2.44. The predicted molar refractivity (Wildman–Crippen MR) is 101 cm³/mol. The Morgan fingerprint density at radius 1 is 1.19 bits per heavy atom. The van der Waals surface area contributed by atoms with E-state index >= 15 is 0 Å². The van der Waals surface area contributed by atoms with Gasteiger partial charge in [-0.3, -0.25) is 0 Å². The average Bonchev–Trinajstić information content (AvgIpc) is 3.17. The number of sulfonamides is 1. The maximum Gasteiger partial charge on any atom is 0.335 e. The molecule has 0 spiro atoms. The molecular formula is C18H22N2O4S2. The number of carboxylic acids is 1. The lowest BCUT2D eigenvalue weighted by atomic mass is 10.0. The highest BCUT2D eigenvalue weighted by Crippen LogP contribution is 2.19. The summed E-state index contributed by atoms with van der Waals surface area (Å²) in [4.78, 5) is 13.5. The number of rotatable bonds is 7. The summed E-state index contributed by atoms with van der Waals surface area (Å²) in [5.41, 5.74) is 1.19. The van der Waals surface area contributed by atoms with Crippen molar-refractivity contribution in [1.82, 2.24) is 9.62 Å². The molecule has 2 heterocycles. The number of carboxylic acid groups (broad SMARTS) is 1. The van der Waals surface area contributed by atoms with E-state index in [4.69, 9.17) is 0 Å². The number of thiophene rings is 1. The topological polar surface area (TPSA) is 86.7 Å². The molecule has 6 nitrogen and oxygen atoms in total. The van der Waals surface area contributed by atoms with E-state index in [0.29, 0.717) is 16.2 Å². The number of nitrogens with one attached hydrogen (secondary N) is 1. The Bertz CT molecular complexity index is 842. The molecule has 0 radical (unpaired) electrons. The second-order valence-corrected chi connectivity index (χ2v) is 9.27. The molecule has 1 fully saturated rings. The summed E-state index contributed by atoms with van der Waals surface area (Å²) >= 11 is 1.22. The molecule has 140 valence electrons. The smallest absolute Gasteiger partial charge is 0.335 e. The second kappa shape index (κ2) is 8.30. The van der Waals surface area contributed by atoms with Gasteiger partial charge in [0.1, 0.15) is 4.21 Å². The summed E-state index contributed by atoms with van der Waals surface area (Å²) in [5, 5.41) is 11.0. The molecule has 1 aromatic heterocycles. The Morgan fingerprint density at radius 3 is 2.58 bits per heavy atom. The number of carbonyl (C=O) groups is 1. The number of likely N-dealkylation sites (tertiary alicyclic amines) is 1. The molecule has 0 saturated carbocycles. The van der Waals surface area contributed by atoms with Crippen molar-refractivity contribution < 1.29 is 18.3 Å². The third-order valence-corrected chi connectivity index (χ3v) is 7.53. The molecule has 8 heteroatoms. The Balaban J connectivity index is 1.50. The summed E-state index contributed by atoms with van der Waals surface area (Å²) < 4.78 is 27.7. The molecule has 0 amide bonds. The first-order chi connectivity index (χ1) is 12.5. The molecule has 26 heavy (non-hydrogen) atoms. The van der Waals surface area contributed by atoms with Gasteiger partial charge in [0, 0.05) is 12.6 Å². The molecule has 0 bridgehead atoms. The fourth-order valence-electron chi connectivity index (χ4n) is 3.19. The molecule has 1 aliphatic rings. The molecule has 0 aliphatic carbocycles. The third-order valence-electron chi connectivity index (χ3n) is 4.61. The highest BCUT2D eigenvalue weighted by Gasteiger charge is 2.25. The number of aromatic carboxylic acids is 1. The summed E-state index contributed by atoms with van der Waals surface area (Å²) in [6, 6.07) is 10.4. The van der Waals surface area contributed by atoms with E-state index in [1.54, 1.807) is 29.6 Å². The highest BCUT2D eigenvalue weighted by molar-refractivity contribution is 7.91. The van der Waals surface area contributed by atoms with E-state index in [2.05, 4.69) is 9.62 Å². The standard InChI is InChI=1S/C18H22N2O4S2/c21-18(22)16-5-2-1-4-14(16)7-10-20-11-8-15(9-12-20)19-26(23,24)17-6-3-13-25-17/h1-6,13,15,19H,7-12H2,(H,21,22). The van der Waals surface area contributed by atoms with Crippen LogP contribution in [0.15, 0.2) is 46.0 Å². The van der Waals surface area contributed by atoms with Crippen LogP contribution in [0.25, 0.3) is 0 Å².